The summed E-state index contributed by atoms with van der Waals surface area (Å²) in [5.41, 5.74) is 4.97. The van der Waals surface area contributed by atoms with Crippen LogP contribution in [-0.4, -0.2) is 20.6 Å². The number of nitro benzene ring substituents is 2. The summed E-state index contributed by atoms with van der Waals surface area (Å²) in [6.07, 6.45) is 1.61. The number of benzene rings is 2. The van der Waals surface area contributed by atoms with Crippen LogP contribution in [0.1, 0.15) is 18.2 Å². The second-order valence-corrected chi connectivity index (χ2v) is 5.85. The van der Waals surface area contributed by atoms with Crippen LogP contribution in [-0.2, 0) is 6.54 Å². The number of fused-ring (bicyclic) bond motifs is 1. The molecule has 0 fully saturated rings. The SMILES string of the molecule is CCn1c(C)c(/C=N\Nc2ccc([N+](=O)[O-])cc2[N+](=O)[O-])c2ccccc21. The minimum atomic E-state index is -0.681. The second kappa shape index (κ2) is 7.24. The Balaban J connectivity index is 1.95. The van der Waals surface area contributed by atoms with Gasteiger partial charge >= 0.3 is 5.69 Å². The van der Waals surface area contributed by atoms with Crippen LogP contribution in [0.15, 0.2) is 47.6 Å². The van der Waals surface area contributed by atoms with E-state index in [1.54, 1.807) is 6.21 Å². The zero-order chi connectivity index (χ0) is 19.6. The molecule has 9 nitrogen and oxygen atoms in total. The van der Waals surface area contributed by atoms with Crippen LogP contribution in [0.3, 0.4) is 0 Å². The summed E-state index contributed by atoms with van der Waals surface area (Å²) in [5.74, 6) is 0. The highest BCUT2D eigenvalue weighted by molar-refractivity contribution is 6.01. The van der Waals surface area contributed by atoms with Crippen molar-refractivity contribution in [3.8, 4) is 0 Å². The maximum atomic E-state index is 11.2. The lowest BCUT2D eigenvalue weighted by Crippen LogP contribution is -2.00. The maximum Gasteiger partial charge on any atom is 0.301 e. The number of para-hydroxylation sites is 1. The Morgan fingerprint density at radius 2 is 1.89 bits per heavy atom. The molecule has 0 bridgehead atoms. The van der Waals surface area contributed by atoms with Crippen molar-refractivity contribution in [2.75, 3.05) is 5.43 Å². The molecule has 0 saturated heterocycles. The predicted molar refractivity (Wildman–Crippen MR) is 103 cm³/mol. The van der Waals surface area contributed by atoms with Gasteiger partial charge in [-0.3, -0.25) is 25.7 Å². The van der Waals surface area contributed by atoms with Gasteiger partial charge in [0.05, 0.1) is 22.1 Å². The third-order valence-electron chi connectivity index (χ3n) is 4.36. The Kier molecular flexibility index (Phi) is 4.84. The van der Waals surface area contributed by atoms with E-state index < -0.39 is 15.5 Å². The number of non-ortho nitro benzene ring substituents is 1. The molecule has 0 aliphatic carbocycles. The third kappa shape index (κ3) is 3.34. The zero-order valence-electron chi connectivity index (χ0n) is 14.7. The first kappa shape index (κ1) is 18.1. The van der Waals surface area contributed by atoms with E-state index in [-0.39, 0.29) is 11.4 Å². The first-order valence-electron chi connectivity index (χ1n) is 8.23. The Morgan fingerprint density at radius 3 is 2.56 bits per heavy atom. The first-order valence-corrected chi connectivity index (χ1v) is 8.23. The molecule has 2 aromatic carbocycles. The highest BCUT2D eigenvalue weighted by atomic mass is 16.6. The van der Waals surface area contributed by atoms with Gasteiger partial charge in [0.2, 0.25) is 0 Å². The molecular weight excluding hydrogens is 350 g/mol. The number of rotatable bonds is 6. The number of nitrogens with one attached hydrogen (secondary N) is 1. The molecule has 1 N–H and O–H groups in total. The van der Waals surface area contributed by atoms with Gasteiger partial charge in [0.25, 0.3) is 5.69 Å². The van der Waals surface area contributed by atoms with Gasteiger partial charge in [-0.1, -0.05) is 18.2 Å². The number of hydrogen-bond acceptors (Lipinski definition) is 6. The van der Waals surface area contributed by atoms with Crippen LogP contribution < -0.4 is 5.43 Å². The van der Waals surface area contributed by atoms with Gasteiger partial charge in [0, 0.05) is 34.8 Å². The van der Waals surface area contributed by atoms with Gasteiger partial charge in [-0.05, 0) is 26.0 Å². The molecule has 1 heterocycles. The summed E-state index contributed by atoms with van der Waals surface area (Å²) in [7, 11) is 0. The van der Waals surface area contributed by atoms with Gasteiger partial charge in [-0.2, -0.15) is 5.10 Å². The van der Waals surface area contributed by atoms with Crippen molar-refractivity contribution < 1.29 is 9.85 Å². The number of aryl methyl sites for hydroxylation is 1. The van der Waals surface area contributed by atoms with Crippen molar-refractivity contribution in [1.82, 2.24) is 4.57 Å². The Bertz CT molecular complexity index is 1070. The van der Waals surface area contributed by atoms with E-state index in [1.807, 2.05) is 31.2 Å². The summed E-state index contributed by atoms with van der Waals surface area (Å²) in [4.78, 5) is 20.6. The minimum Gasteiger partial charge on any atom is -0.344 e. The quantitative estimate of drug-likeness (QED) is 0.397. The van der Waals surface area contributed by atoms with Crippen LogP contribution in [0.4, 0.5) is 17.1 Å². The van der Waals surface area contributed by atoms with Gasteiger partial charge < -0.3 is 4.57 Å². The largest absolute Gasteiger partial charge is 0.344 e. The van der Waals surface area contributed by atoms with Crippen molar-refractivity contribution in [3.05, 3.63) is 74.0 Å². The first-order chi connectivity index (χ1) is 12.9. The Labute approximate surface area is 154 Å². The van der Waals surface area contributed by atoms with E-state index in [4.69, 9.17) is 0 Å². The molecular formula is C18H17N5O4. The average Bonchev–Trinajstić information content (AvgIpc) is 2.92. The number of aromatic nitrogens is 1. The lowest BCUT2D eigenvalue weighted by molar-refractivity contribution is -0.393. The van der Waals surface area contributed by atoms with Crippen LogP contribution in [0, 0.1) is 27.2 Å². The van der Waals surface area contributed by atoms with Gasteiger partial charge in [-0.25, -0.2) is 0 Å². The molecule has 3 rings (SSSR count). The molecule has 0 atom stereocenters. The maximum absolute atomic E-state index is 11.2. The molecule has 0 aliphatic heterocycles. The smallest absolute Gasteiger partial charge is 0.301 e. The minimum absolute atomic E-state index is 0.0822. The highest BCUT2D eigenvalue weighted by Gasteiger charge is 2.19. The third-order valence-corrected chi connectivity index (χ3v) is 4.36. The fraction of sp³-hybridized carbons (Fsp3) is 0.167. The molecule has 0 unspecified atom stereocenters. The number of anilines is 1. The van der Waals surface area contributed by atoms with E-state index in [9.17, 15) is 20.2 Å². The molecule has 0 saturated carbocycles. The van der Waals surface area contributed by atoms with Gasteiger partial charge in [-0.15, -0.1) is 0 Å². The molecule has 1 aromatic heterocycles. The lowest BCUT2D eigenvalue weighted by Gasteiger charge is -2.03. The standard InChI is InChI=1S/C18H17N5O4/c1-3-21-12(2)15(14-6-4-5-7-17(14)21)11-19-20-16-9-8-13(22(24)25)10-18(16)23(26)27/h4-11,20H,3H2,1-2H3/b19-11-. The normalized spacial score (nSPS) is 11.2. The molecule has 138 valence electrons. The Morgan fingerprint density at radius 1 is 1.15 bits per heavy atom. The number of hydrogen-bond donors (Lipinski definition) is 1. The van der Waals surface area contributed by atoms with Crippen molar-refractivity contribution in [1.29, 1.82) is 0 Å². The van der Waals surface area contributed by atoms with E-state index >= 15 is 0 Å². The fourth-order valence-electron chi connectivity index (χ4n) is 3.07. The molecule has 0 spiro atoms. The van der Waals surface area contributed by atoms with Crippen molar-refractivity contribution in [2.45, 2.75) is 20.4 Å². The van der Waals surface area contributed by atoms with Crippen molar-refractivity contribution in [2.24, 2.45) is 5.10 Å². The molecule has 27 heavy (non-hydrogen) atoms. The number of nitro groups is 2. The summed E-state index contributed by atoms with van der Waals surface area (Å²) in [6.45, 7) is 4.85. The summed E-state index contributed by atoms with van der Waals surface area (Å²) in [5, 5.41) is 27.2. The van der Waals surface area contributed by atoms with E-state index in [0.29, 0.717) is 0 Å². The van der Waals surface area contributed by atoms with Crippen molar-refractivity contribution in [3.63, 3.8) is 0 Å². The van der Waals surface area contributed by atoms with Gasteiger partial charge in [0.1, 0.15) is 5.69 Å². The summed E-state index contributed by atoms with van der Waals surface area (Å²) in [6, 6.07) is 11.3. The van der Waals surface area contributed by atoms with Crippen molar-refractivity contribution >= 4 is 34.2 Å². The Hall–Kier alpha value is -3.75. The van der Waals surface area contributed by atoms with Crippen LogP contribution in [0.5, 0.6) is 0 Å². The molecule has 3 aromatic rings. The van der Waals surface area contributed by atoms with Gasteiger partial charge in [0.15, 0.2) is 0 Å². The molecule has 0 aliphatic rings. The fourth-order valence-corrected chi connectivity index (χ4v) is 3.07. The van der Waals surface area contributed by atoms with Crippen LogP contribution >= 0.6 is 0 Å². The van der Waals surface area contributed by atoms with Crippen LogP contribution in [0.25, 0.3) is 10.9 Å². The summed E-state index contributed by atoms with van der Waals surface area (Å²) < 4.78 is 2.16. The molecule has 9 heteroatoms. The lowest BCUT2D eigenvalue weighted by atomic mass is 10.1. The zero-order valence-corrected chi connectivity index (χ0v) is 14.7. The van der Waals surface area contributed by atoms with E-state index in [2.05, 4.69) is 22.0 Å². The summed E-state index contributed by atoms with van der Waals surface area (Å²) >= 11 is 0. The average molecular weight is 367 g/mol. The second-order valence-electron chi connectivity index (χ2n) is 5.85. The van der Waals surface area contributed by atoms with Crippen LogP contribution in [0.2, 0.25) is 0 Å². The predicted octanol–water partition coefficient (Wildman–Crippen LogP) is 4.23. The molecule has 0 amide bonds. The number of nitrogens with zero attached hydrogens (tertiary/aromatic N) is 4. The monoisotopic (exact) mass is 367 g/mol. The molecule has 0 radical (unpaired) electrons. The van der Waals surface area contributed by atoms with E-state index in [1.165, 1.54) is 12.1 Å². The highest BCUT2D eigenvalue weighted by Crippen LogP contribution is 2.29. The van der Waals surface area contributed by atoms with E-state index in [0.717, 1.165) is 34.8 Å². The topological polar surface area (TPSA) is 116 Å². The number of hydrazone groups is 1.